The van der Waals surface area contributed by atoms with Gasteiger partial charge in [-0.2, -0.15) is 0 Å². The van der Waals surface area contributed by atoms with E-state index in [1.807, 2.05) is 11.8 Å². The number of hydrogen-bond acceptors (Lipinski definition) is 3. The zero-order chi connectivity index (χ0) is 10.7. The van der Waals surface area contributed by atoms with Crippen LogP contribution in [0.15, 0.2) is 10.7 Å². The van der Waals surface area contributed by atoms with Crippen LogP contribution in [0.3, 0.4) is 0 Å². The summed E-state index contributed by atoms with van der Waals surface area (Å²) in [7, 11) is 0. The van der Waals surface area contributed by atoms with Gasteiger partial charge >= 0.3 is 0 Å². The molecule has 0 unspecified atom stereocenters. The highest BCUT2D eigenvalue weighted by Crippen LogP contribution is 2.16. The summed E-state index contributed by atoms with van der Waals surface area (Å²) >= 11 is 0. The zero-order valence-corrected chi connectivity index (χ0v) is 9.03. The molecule has 1 aliphatic rings. The molecule has 2 rings (SSSR count). The van der Waals surface area contributed by atoms with E-state index >= 15 is 0 Å². The number of likely N-dealkylation sites (tertiary alicyclic amines) is 1. The Kier molecular flexibility index (Phi) is 3.04. The lowest BCUT2D eigenvalue weighted by Gasteiger charge is -2.26. The molecular weight excluding hydrogens is 192 g/mol. The summed E-state index contributed by atoms with van der Waals surface area (Å²) in [6.45, 7) is 3.70. The molecule has 15 heavy (non-hydrogen) atoms. The quantitative estimate of drug-likeness (QED) is 0.745. The predicted octanol–water partition coefficient (Wildman–Crippen LogP) is 1.86. The van der Waals surface area contributed by atoms with Crippen LogP contribution in [0.2, 0.25) is 0 Å². The average molecular weight is 208 g/mol. The van der Waals surface area contributed by atoms with Gasteiger partial charge in [-0.1, -0.05) is 12.1 Å². The Morgan fingerprint density at radius 1 is 1.47 bits per heavy atom. The maximum Gasteiger partial charge on any atom is 0.259 e. The number of aromatic nitrogens is 1. The molecule has 0 spiro atoms. The maximum atomic E-state index is 12.1. The van der Waals surface area contributed by atoms with E-state index in [1.165, 1.54) is 12.6 Å². The molecule has 1 aromatic heterocycles. The molecule has 1 amide bonds. The summed E-state index contributed by atoms with van der Waals surface area (Å²) < 4.78 is 5.03. The SMILES string of the molecule is CCc1oncc1C(=O)N1CCCCC1. The van der Waals surface area contributed by atoms with Crippen molar-refractivity contribution in [1.82, 2.24) is 10.1 Å². The molecule has 2 heterocycles. The van der Waals surface area contributed by atoms with Crippen molar-refractivity contribution < 1.29 is 9.32 Å². The van der Waals surface area contributed by atoms with Crippen molar-refractivity contribution in [3.8, 4) is 0 Å². The predicted molar refractivity (Wildman–Crippen MR) is 55.6 cm³/mol. The highest BCUT2D eigenvalue weighted by molar-refractivity contribution is 5.94. The van der Waals surface area contributed by atoms with E-state index in [-0.39, 0.29) is 5.91 Å². The van der Waals surface area contributed by atoms with Gasteiger partial charge in [0.05, 0.1) is 6.20 Å². The Bertz CT molecular complexity index is 340. The number of nitrogens with zero attached hydrogens (tertiary/aromatic N) is 2. The van der Waals surface area contributed by atoms with Crippen molar-refractivity contribution in [2.24, 2.45) is 0 Å². The molecule has 0 atom stereocenters. The van der Waals surface area contributed by atoms with E-state index in [2.05, 4.69) is 5.16 Å². The van der Waals surface area contributed by atoms with Gasteiger partial charge in [0.1, 0.15) is 11.3 Å². The third-order valence-corrected chi connectivity index (χ3v) is 2.84. The fourth-order valence-electron chi connectivity index (χ4n) is 1.96. The van der Waals surface area contributed by atoms with Gasteiger partial charge in [-0.3, -0.25) is 4.79 Å². The molecule has 0 aromatic carbocycles. The molecule has 1 fully saturated rings. The molecule has 4 heteroatoms. The first-order valence-corrected chi connectivity index (χ1v) is 5.55. The van der Waals surface area contributed by atoms with Crippen LogP contribution in [-0.4, -0.2) is 29.1 Å². The molecule has 1 saturated heterocycles. The van der Waals surface area contributed by atoms with Crippen LogP contribution in [-0.2, 0) is 6.42 Å². The normalized spacial score (nSPS) is 16.7. The Morgan fingerprint density at radius 2 is 2.20 bits per heavy atom. The molecule has 0 saturated carbocycles. The number of rotatable bonds is 2. The lowest BCUT2D eigenvalue weighted by molar-refractivity contribution is 0.0722. The summed E-state index contributed by atoms with van der Waals surface area (Å²) in [5.41, 5.74) is 0.638. The number of hydrogen-bond donors (Lipinski definition) is 0. The van der Waals surface area contributed by atoms with E-state index in [9.17, 15) is 4.79 Å². The van der Waals surface area contributed by atoms with E-state index in [4.69, 9.17) is 4.52 Å². The smallest absolute Gasteiger partial charge is 0.259 e. The largest absolute Gasteiger partial charge is 0.361 e. The molecule has 0 N–H and O–H groups in total. The Labute approximate surface area is 89.2 Å². The van der Waals surface area contributed by atoms with Crippen molar-refractivity contribution in [3.05, 3.63) is 17.5 Å². The molecule has 0 aliphatic carbocycles. The first-order valence-electron chi connectivity index (χ1n) is 5.55. The van der Waals surface area contributed by atoms with Crippen LogP contribution in [0.1, 0.15) is 42.3 Å². The number of carbonyl (C=O) groups is 1. The van der Waals surface area contributed by atoms with Crippen LogP contribution >= 0.6 is 0 Å². The molecule has 1 aromatic rings. The van der Waals surface area contributed by atoms with Crippen LogP contribution in [0, 0.1) is 0 Å². The summed E-state index contributed by atoms with van der Waals surface area (Å²) in [4.78, 5) is 14.0. The third-order valence-electron chi connectivity index (χ3n) is 2.84. The second-order valence-corrected chi connectivity index (χ2v) is 3.87. The Hall–Kier alpha value is -1.32. The van der Waals surface area contributed by atoms with Gasteiger partial charge in [0, 0.05) is 19.5 Å². The van der Waals surface area contributed by atoms with Crippen molar-refractivity contribution in [2.75, 3.05) is 13.1 Å². The highest BCUT2D eigenvalue weighted by Gasteiger charge is 2.22. The second-order valence-electron chi connectivity index (χ2n) is 3.87. The summed E-state index contributed by atoms with van der Waals surface area (Å²) in [5.74, 6) is 0.776. The summed E-state index contributed by atoms with van der Waals surface area (Å²) in [6.07, 6.45) is 5.70. The van der Waals surface area contributed by atoms with Crippen LogP contribution in [0.25, 0.3) is 0 Å². The van der Waals surface area contributed by atoms with Gasteiger partial charge in [0.15, 0.2) is 0 Å². The third kappa shape index (κ3) is 2.03. The van der Waals surface area contributed by atoms with E-state index in [0.717, 1.165) is 32.4 Å². The number of aryl methyl sites for hydroxylation is 1. The first-order chi connectivity index (χ1) is 7.33. The maximum absolute atomic E-state index is 12.1. The van der Waals surface area contributed by atoms with Crippen LogP contribution in [0.5, 0.6) is 0 Å². The molecule has 0 radical (unpaired) electrons. The molecule has 4 nitrogen and oxygen atoms in total. The topological polar surface area (TPSA) is 46.3 Å². The van der Waals surface area contributed by atoms with Gasteiger partial charge in [0.2, 0.25) is 0 Å². The number of piperidine rings is 1. The molecule has 1 aliphatic heterocycles. The van der Waals surface area contributed by atoms with Crippen molar-refractivity contribution >= 4 is 5.91 Å². The standard InChI is InChI=1S/C11H16N2O2/c1-2-10-9(8-12-15-10)11(14)13-6-4-3-5-7-13/h8H,2-7H2,1H3. The minimum Gasteiger partial charge on any atom is -0.361 e. The molecule has 82 valence electrons. The lowest BCUT2D eigenvalue weighted by atomic mass is 10.1. The summed E-state index contributed by atoms with van der Waals surface area (Å²) in [5, 5.41) is 3.69. The highest BCUT2D eigenvalue weighted by atomic mass is 16.5. The number of carbonyl (C=O) groups excluding carboxylic acids is 1. The van der Waals surface area contributed by atoms with E-state index in [0.29, 0.717) is 11.3 Å². The van der Waals surface area contributed by atoms with Gasteiger partial charge in [-0.15, -0.1) is 0 Å². The van der Waals surface area contributed by atoms with Gasteiger partial charge in [-0.05, 0) is 19.3 Å². The first kappa shape index (κ1) is 10.2. The molecule has 0 bridgehead atoms. The minimum absolute atomic E-state index is 0.0767. The monoisotopic (exact) mass is 208 g/mol. The molecular formula is C11H16N2O2. The minimum atomic E-state index is 0.0767. The van der Waals surface area contributed by atoms with E-state index < -0.39 is 0 Å². The number of amides is 1. The van der Waals surface area contributed by atoms with Crippen molar-refractivity contribution in [1.29, 1.82) is 0 Å². The Balaban J connectivity index is 2.12. The zero-order valence-electron chi connectivity index (χ0n) is 9.03. The Morgan fingerprint density at radius 3 is 2.87 bits per heavy atom. The van der Waals surface area contributed by atoms with Gasteiger partial charge in [0.25, 0.3) is 5.91 Å². The van der Waals surface area contributed by atoms with Crippen molar-refractivity contribution in [2.45, 2.75) is 32.6 Å². The van der Waals surface area contributed by atoms with E-state index in [1.54, 1.807) is 0 Å². The van der Waals surface area contributed by atoms with Crippen LogP contribution < -0.4 is 0 Å². The van der Waals surface area contributed by atoms with Gasteiger partial charge in [-0.25, -0.2) is 0 Å². The lowest BCUT2D eigenvalue weighted by Crippen LogP contribution is -2.35. The van der Waals surface area contributed by atoms with Gasteiger partial charge < -0.3 is 9.42 Å². The van der Waals surface area contributed by atoms with Crippen molar-refractivity contribution in [3.63, 3.8) is 0 Å². The van der Waals surface area contributed by atoms with Crippen LogP contribution in [0.4, 0.5) is 0 Å². The summed E-state index contributed by atoms with van der Waals surface area (Å²) in [6, 6.07) is 0. The average Bonchev–Trinajstić information content (AvgIpc) is 2.77. The second kappa shape index (κ2) is 4.47. The fraction of sp³-hybridized carbons (Fsp3) is 0.636. The fourth-order valence-corrected chi connectivity index (χ4v) is 1.96.